The van der Waals surface area contributed by atoms with Crippen molar-refractivity contribution in [2.75, 3.05) is 0 Å². The van der Waals surface area contributed by atoms with Gasteiger partial charge in [0.15, 0.2) is 0 Å². The Balaban J connectivity index is 0.000000720. The van der Waals surface area contributed by atoms with Gasteiger partial charge in [-0.15, -0.1) is 0 Å². The monoisotopic (exact) mass is 184 g/mol. The molecule has 0 unspecified atom stereocenters. The Hall–Kier alpha value is -0.150. The summed E-state index contributed by atoms with van der Waals surface area (Å²) in [6.45, 7) is 0. The van der Waals surface area contributed by atoms with Gasteiger partial charge in [0.1, 0.15) is 4.64 Å². The molecule has 0 fully saturated rings. The molecule has 0 aliphatic rings. The van der Waals surface area contributed by atoms with E-state index in [0.29, 0.717) is 0 Å². The van der Waals surface area contributed by atoms with Gasteiger partial charge in [0.25, 0.3) is 0 Å². The summed E-state index contributed by atoms with van der Waals surface area (Å²) in [6, 6.07) is 12.0. The number of benzene rings is 1. The minimum atomic E-state index is 0. The third-order valence-corrected chi connectivity index (χ3v) is 1.87. The number of pyridine rings is 1. The van der Waals surface area contributed by atoms with Crippen LogP contribution < -0.4 is 0 Å². The molecule has 0 amide bonds. The fraction of sp³-hybridized carbons (Fsp3) is 0. The van der Waals surface area contributed by atoms with Crippen molar-refractivity contribution in [3.63, 3.8) is 0 Å². The second-order valence-corrected chi connectivity index (χ2v) is 2.85. The molecule has 55 valence electrons. The summed E-state index contributed by atoms with van der Waals surface area (Å²) in [6.07, 6.45) is 0. The smallest absolute Gasteiger partial charge is 0.103 e. The maximum absolute atomic E-state index is 4.98. The van der Waals surface area contributed by atoms with Crippen molar-refractivity contribution in [3.8, 4) is 0 Å². The fourth-order valence-corrected chi connectivity index (χ4v) is 1.27. The summed E-state index contributed by atoms with van der Waals surface area (Å²) < 4.78 is 0.781. The minimum absolute atomic E-state index is 0. The van der Waals surface area contributed by atoms with E-state index in [4.69, 9.17) is 12.2 Å². The van der Waals surface area contributed by atoms with Crippen molar-refractivity contribution >= 4 is 52.7 Å². The number of hydrogen-bond donors (Lipinski definition) is 1. The first kappa shape index (κ1) is 9.93. The molecule has 0 aliphatic heterocycles. The van der Waals surface area contributed by atoms with Gasteiger partial charge >= 0.3 is 0 Å². The third kappa shape index (κ3) is 1.96. The molecular formula is C9H7NNaS. The molecule has 1 nitrogen and oxygen atoms in total. The molecule has 3 heteroatoms. The zero-order valence-electron chi connectivity index (χ0n) is 6.87. The first-order valence-corrected chi connectivity index (χ1v) is 3.85. The van der Waals surface area contributed by atoms with E-state index in [1.165, 1.54) is 5.39 Å². The minimum Gasteiger partial charge on any atom is -0.346 e. The molecule has 1 radical (unpaired) electrons. The van der Waals surface area contributed by atoms with Gasteiger partial charge in [-0.1, -0.05) is 30.4 Å². The predicted octanol–water partition coefficient (Wildman–Crippen LogP) is 2.52. The molecule has 0 saturated carbocycles. The number of hydrogen-bond acceptors (Lipinski definition) is 1. The molecular weight excluding hydrogens is 177 g/mol. The van der Waals surface area contributed by atoms with Gasteiger partial charge in [-0.3, -0.25) is 0 Å². The molecule has 0 spiro atoms. The van der Waals surface area contributed by atoms with Crippen LogP contribution in [0, 0.1) is 4.64 Å². The standard InChI is InChI=1S/C9H7NS.Na/c11-9-6-5-7-3-1-2-4-8(7)10-9;/h1-6H,(H,10,11);. The van der Waals surface area contributed by atoms with E-state index in [2.05, 4.69) is 11.1 Å². The number of fused-ring (bicyclic) bond motifs is 1. The maximum Gasteiger partial charge on any atom is 0.103 e. The molecule has 0 atom stereocenters. The summed E-state index contributed by atoms with van der Waals surface area (Å²) in [4.78, 5) is 3.10. The molecule has 0 saturated heterocycles. The predicted molar refractivity (Wildman–Crippen MR) is 54.9 cm³/mol. The molecule has 2 aromatic rings. The Kier molecular flexibility index (Phi) is 3.47. The van der Waals surface area contributed by atoms with Crippen LogP contribution in [0.3, 0.4) is 0 Å². The van der Waals surface area contributed by atoms with Gasteiger partial charge in [0.2, 0.25) is 0 Å². The summed E-state index contributed by atoms with van der Waals surface area (Å²) >= 11 is 4.98. The Morgan fingerprint density at radius 1 is 1.00 bits per heavy atom. The molecule has 12 heavy (non-hydrogen) atoms. The Morgan fingerprint density at radius 3 is 2.58 bits per heavy atom. The quantitative estimate of drug-likeness (QED) is 0.491. The Bertz CT molecular complexity index is 435. The van der Waals surface area contributed by atoms with Crippen LogP contribution in [0.4, 0.5) is 0 Å². The summed E-state index contributed by atoms with van der Waals surface area (Å²) in [5.74, 6) is 0. The zero-order valence-corrected chi connectivity index (χ0v) is 9.69. The van der Waals surface area contributed by atoms with E-state index in [-0.39, 0.29) is 29.6 Å². The van der Waals surface area contributed by atoms with E-state index < -0.39 is 0 Å². The van der Waals surface area contributed by atoms with Crippen LogP contribution in [-0.4, -0.2) is 34.5 Å². The number of aromatic amines is 1. The van der Waals surface area contributed by atoms with Gasteiger partial charge in [0, 0.05) is 35.1 Å². The van der Waals surface area contributed by atoms with Crippen LogP contribution >= 0.6 is 12.2 Å². The van der Waals surface area contributed by atoms with E-state index in [0.717, 1.165) is 10.2 Å². The van der Waals surface area contributed by atoms with E-state index >= 15 is 0 Å². The van der Waals surface area contributed by atoms with Gasteiger partial charge in [-0.25, -0.2) is 0 Å². The van der Waals surface area contributed by atoms with E-state index in [1.54, 1.807) is 0 Å². The number of aromatic nitrogens is 1. The first-order chi connectivity index (χ1) is 5.36. The van der Waals surface area contributed by atoms with E-state index in [1.807, 2.05) is 30.3 Å². The van der Waals surface area contributed by atoms with Crippen molar-refractivity contribution in [1.29, 1.82) is 0 Å². The number of nitrogens with one attached hydrogen (secondary N) is 1. The van der Waals surface area contributed by atoms with Crippen LogP contribution in [0.25, 0.3) is 10.9 Å². The second-order valence-electron chi connectivity index (χ2n) is 2.41. The first-order valence-electron chi connectivity index (χ1n) is 3.44. The fourth-order valence-electron chi connectivity index (χ4n) is 1.10. The van der Waals surface area contributed by atoms with Crippen molar-refractivity contribution in [3.05, 3.63) is 41.0 Å². The summed E-state index contributed by atoms with van der Waals surface area (Å²) in [7, 11) is 0. The number of H-pyrrole nitrogens is 1. The molecule has 1 heterocycles. The second kappa shape index (κ2) is 4.19. The molecule has 0 bridgehead atoms. The van der Waals surface area contributed by atoms with Crippen LogP contribution in [0.1, 0.15) is 0 Å². The molecule has 2 rings (SSSR count). The Labute approximate surface area is 98.1 Å². The van der Waals surface area contributed by atoms with Crippen LogP contribution in [-0.2, 0) is 0 Å². The van der Waals surface area contributed by atoms with E-state index in [9.17, 15) is 0 Å². The molecule has 0 aliphatic carbocycles. The maximum atomic E-state index is 4.98. The third-order valence-electron chi connectivity index (χ3n) is 1.63. The van der Waals surface area contributed by atoms with Gasteiger partial charge < -0.3 is 4.98 Å². The molecule has 1 aromatic heterocycles. The topological polar surface area (TPSA) is 15.8 Å². The van der Waals surface area contributed by atoms with Crippen LogP contribution in [0.5, 0.6) is 0 Å². The van der Waals surface area contributed by atoms with Gasteiger partial charge in [-0.05, 0) is 23.6 Å². The van der Waals surface area contributed by atoms with Gasteiger partial charge in [-0.2, -0.15) is 0 Å². The van der Waals surface area contributed by atoms with Crippen LogP contribution in [0.15, 0.2) is 36.4 Å². The molecule has 1 N–H and O–H groups in total. The Morgan fingerprint density at radius 2 is 1.75 bits per heavy atom. The summed E-state index contributed by atoms with van der Waals surface area (Å²) in [5, 5.41) is 1.20. The SMILES string of the molecule is S=c1ccc2ccccc2[nH]1.[Na]. The summed E-state index contributed by atoms with van der Waals surface area (Å²) in [5.41, 5.74) is 1.10. The van der Waals surface area contributed by atoms with Gasteiger partial charge in [0.05, 0.1) is 0 Å². The molecule has 1 aromatic carbocycles. The average Bonchev–Trinajstić information content (AvgIpc) is 2.04. The number of rotatable bonds is 0. The zero-order chi connectivity index (χ0) is 7.68. The normalized spacial score (nSPS) is 9.33. The number of para-hydroxylation sites is 1. The van der Waals surface area contributed by atoms with Crippen molar-refractivity contribution in [2.24, 2.45) is 0 Å². The largest absolute Gasteiger partial charge is 0.346 e. The van der Waals surface area contributed by atoms with Crippen molar-refractivity contribution < 1.29 is 0 Å². The van der Waals surface area contributed by atoms with Crippen molar-refractivity contribution in [2.45, 2.75) is 0 Å². The van der Waals surface area contributed by atoms with Crippen LogP contribution in [0.2, 0.25) is 0 Å². The van der Waals surface area contributed by atoms with Crippen molar-refractivity contribution in [1.82, 2.24) is 4.98 Å². The average molecular weight is 184 g/mol.